The van der Waals surface area contributed by atoms with Gasteiger partial charge in [-0.2, -0.15) is 0 Å². The highest BCUT2D eigenvalue weighted by atomic mass is 79.9. The minimum absolute atomic E-state index is 0.683. The van der Waals surface area contributed by atoms with E-state index in [9.17, 15) is 4.79 Å². The monoisotopic (exact) mass is 276 g/mol. The van der Waals surface area contributed by atoms with Gasteiger partial charge in [-0.3, -0.25) is 4.79 Å². The largest absolute Gasteiger partial charge is 0.341 e. The fourth-order valence-electron chi connectivity index (χ4n) is 2.07. The number of aryl methyl sites for hydroxylation is 1. The fourth-order valence-corrected chi connectivity index (χ4v) is 2.43. The van der Waals surface area contributed by atoms with E-state index in [1.807, 2.05) is 29.8 Å². The SMILES string of the molecule is Cn1c(C=O)cc2c3cc(Br)ccc3[nH]c21. The summed E-state index contributed by atoms with van der Waals surface area (Å²) < 4.78 is 2.91. The molecule has 0 bridgehead atoms. The van der Waals surface area contributed by atoms with Crippen molar-refractivity contribution in [3.63, 3.8) is 0 Å². The number of hydrogen-bond donors (Lipinski definition) is 1. The maximum absolute atomic E-state index is 10.9. The minimum Gasteiger partial charge on any atom is -0.341 e. The Kier molecular flexibility index (Phi) is 1.94. The zero-order valence-corrected chi connectivity index (χ0v) is 10.2. The fraction of sp³-hybridized carbons (Fsp3) is 0.0833. The number of nitrogens with zero attached hydrogens (tertiary/aromatic N) is 1. The summed E-state index contributed by atoms with van der Waals surface area (Å²) in [6, 6.07) is 7.99. The van der Waals surface area contributed by atoms with Crippen LogP contribution in [0.25, 0.3) is 21.9 Å². The standard InChI is InChI=1S/C12H9BrN2O/c1-15-8(6-16)5-10-9-4-7(13)2-3-11(9)14-12(10)15/h2-6,14H,1H3. The molecule has 3 rings (SSSR count). The van der Waals surface area contributed by atoms with E-state index >= 15 is 0 Å². The summed E-state index contributed by atoms with van der Waals surface area (Å²) in [5.74, 6) is 0. The highest BCUT2D eigenvalue weighted by molar-refractivity contribution is 9.10. The van der Waals surface area contributed by atoms with Crippen LogP contribution in [0.5, 0.6) is 0 Å². The van der Waals surface area contributed by atoms with E-state index in [4.69, 9.17) is 0 Å². The molecular formula is C12H9BrN2O. The van der Waals surface area contributed by atoms with Gasteiger partial charge in [-0.25, -0.2) is 0 Å². The number of nitrogens with one attached hydrogen (secondary N) is 1. The highest BCUT2D eigenvalue weighted by Crippen LogP contribution is 2.29. The molecule has 0 radical (unpaired) electrons. The first kappa shape index (κ1) is 9.66. The summed E-state index contributed by atoms with van der Waals surface area (Å²) >= 11 is 3.46. The molecule has 16 heavy (non-hydrogen) atoms. The van der Waals surface area contributed by atoms with Crippen molar-refractivity contribution in [2.75, 3.05) is 0 Å². The Morgan fingerprint density at radius 2 is 2.12 bits per heavy atom. The molecule has 1 N–H and O–H groups in total. The highest BCUT2D eigenvalue weighted by Gasteiger charge is 2.10. The van der Waals surface area contributed by atoms with Crippen LogP contribution in [0.4, 0.5) is 0 Å². The molecule has 2 heterocycles. The molecule has 0 fully saturated rings. The van der Waals surface area contributed by atoms with E-state index in [1.165, 1.54) is 0 Å². The first-order valence-corrected chi connectivity index (χ1v) is 5.72. The lowest BCUT2D eigenvalue weighted by Crippen LogP contribution is -1.93. The van der Waals surface area contributed by atoms with Crippen LogP contribution >= 0.6 is 15.9 Å². The van der Waals surface area contributed by atoms with Crippen LogP contribution in [0.1, 0.15) is 10.5 Å². The molecular weight excluding hydrogens is 268 g/mol. The second-order valence-corrected chi connectivity index (χ2v) is 4.74. The number of aromatic nitrogens is 2. The lowest BCUT2D eigenvalue weighted by Gasteiger charge is -1.94. The molecule has 2 aromatic heterocycles. The Hall–Kier alpha value is -1.55. The van der Waals surface area contributed by atoms with Crippen LogP contribution in [0.15, 0.2) is 28.7 Å². The van der Waals surface area contributed by atoms with E-state index in [-0.39, 0.29) is 0 Å². The van der Waals surface area contributed by atoms with Gasteiger partial charge in [0.05, 0.1) is 5.69 Å². The summed E-state index contributed by atoms with van der Waals surface area (Å²) in [4.78, 5) is 14.2. The van der Waals surface area contributed by atoms with Gasteiger partial charge in [-0.15, -0.1) is 0 Å². The molecule has 0 aliphatic carbocycles. The molecule has 0 saturated heterocycles. The van der Waals surface area contributed by atoms with Crippen molar-refractivity contribution in [3.8, 4) is 0 Å². The maximum Gasteiger partial charge on any atom is 0.166 e. The number of aldehydes is 1. The van der Waals surface area contributed by atoms with Crippen molar-refractivity contribution in [1.29, 1.82) is 0 Å². The van der Waals surface area contributed by atoms with Crippen molar-refractivity contribution >= 4 is 44.2 Å². The van der Waals surface area contributed by atoms with Crippen LogP contribution in [0, 0.1) is 0 Å². The van der Waals surface area contributed by atoms with E-state index in [0.717, 1.165) is 32.7 Å². The average Bonchev–Trinajstić information content (AvgIpc) is 2.77. The van der Waals surface area contributed by atoms with Gasteiger partial charge in [0.15, 0.2) is 6.29 Å². The Balaban J connectivity index is 2.51. The molecule has 0 atom stereocenters. The summed E-state index contributed by atoms with van der Waals surface area (Å²) in [5, 5.41) is 2.22. The number of carbonyl (C=O) groups excluding carboxylic acids is 1. The molecule has 3 nitrogen and oxygen atoms in total. The number of hydrogen-bond acceptors (Lipinski definition) is 1. The van der Waals surface area contributed by atoms with Gasteiger partial charge in [-0.05, 0) is 24.3 Å². The molecule has 4 heteroatoms. The number of carbonyl (C=O) groups is 1. The normalized spacial score (nSPS) is 11.4. The van der Waals surface area contributed by atoms with Gasteiger partial charge in [0.2, 0.25) is 0 Å². The lowest BCUT2D eigenvalue weighted by molar-refractivity contribution is 0.111. The van der Waals surface area contributed by atoms with Crippen LogP contribution in [0.3, 0.4) is 0 Å². The predicted molar refractivity (Wildman–Crippen MR) is 67.9 cm³/mol. The van der Waals surface area contributed by atoms with Crippen LogP contribution in [-0.2, 0) is 7.05 Å². The second-order valence-electron chi connectivity index (χ2n) is 3.82. The Morgan fingerprint density at radius 3 is 2.88 bits per heavy atom. The molecule has 0 saturated carbocycles. The number of aromatic amines is 1. The second kappa shape index (κ2) is 3.22. The lowest BCUT2D eigenvalue weighted by atomic mass is 10.2. The molecule has 0 unspecified atom stereocenters. The van der Waals surface area contributed by atoms with Gasteiger partial charge in [0.1, 0.15) is 5.65 Å². The van der Waals surface area contributed by atoms with Gasteiger partial charge >= 0.3 is 0 Å². The van der Waals surface area contributed by atoms with E-state index in [1.54, 1.807) is 0 Å². The summed E-state index contributed by atoms with van der Waals surface area (Å²) in [5.41, 5.74) is 2.75. The first-order chi connectivity index (χ1) is 7.70. The molecule has 0 aliphatic heterocycles. The van der Waals surface area contributed by atoms with Gasteiger partial charge in [0, 0.05) is 27.8 Å². The quantitative estimate of drug-likeness (QED) is 0.681. The van der Waals surface area contributed by atoms with Crippen LogP contribution in [-0.4, -0.2) is 15.8 Å². The van der Waals surface area contributed by atoms with Gasteiger partial charge < -0.3 is 9.55 Å². The minimum atomic E-state index is 0.683. The molecule has 0 aliphatic rings. The Labute approximate surface area is 100 Å². The van der Waals surface area contributed by atoms with Crippen molar-refractivity contribution in [2.45, 2.75) is 0 Å². The summed E-state index contributed by atoms with van der Waals surface area (Å²) in [6.07, 6.45) is 0.873. The van der Waals surface area contributed by atoms with E-state index < -0.39 is 0 Å². The average molecular weight is 277 g/mol. The number of rotatable bonds is 1. The van der Waals surface area contributed by atoms with Crippen LogP contribution in [0.2, 0.25) is 0 Å². The molecule has 3 aromatic rings. The van der Waals surface area contributed by atoms with Gasteiger partial charge in [0.25, 0.3) is 0 Å². The van der Waals surface area contributed by atoms with Crippen molar-refractivity contribution < 1.29 is 4.79 Å². The Morgan fingerprint density at radius 1 is 1.31 bits per heavy atom. The molecule has 80 valence electrons. The maximum atomic E-state index is 10.9. The Bertz CT molecular complexity index is 709. The number of halogens is 1. The third kappa shape index (κ3) is 1.16. The third-order valence-electron chi connectivity index (χ3n) is 2.92. The topological polar surface area (TPSA) is 37.8 Å². The summed E-state index contributed by atoms with van der Waals surface area (Å²) in [6.45, 7) is 0. The van der Waals surface area contributed by atoms with Crippen molar-refractivity contribution in [1.82, 2.24) is 9.55 Å². The van der Waals surface area contributed by atoms with E-state index in [0.29, 0.717) is 5.69 Å². The number of benzene rings is 1. The molecule has 0 spiro atoms. The first-order valence-electron chi connectivity index (χ1n) is 4.92. The van der Waals surface area contributed by atoms with E-state index in [2.05, 4.69) is 27.0 Å². The molecule has 1 aromatic carbocycles. The zero-order chi connectivity index (χ0) is 11.3. The van der Waals surface area contributed by atoms with Crippen LogP contribution < -0.4 is 0 Å². The smallest absolute Gasteiger partial charge is 0.166 e. The summed E-state index contributed by atoms with van der Waals surface area (Å²) in [7, 11) is 1.89. The van der Waals surface area contributed by atoms with Crippen molar-refractivity contribution in [2.24, 2.45) is 7.05 Å². The van der Waals surface area contributed by atoms with Crippen molar-refractivity contribution in [3.05, 3.63) is 34.4 Å². The van der Waals surface area contributed by atoms with Gasteiger partial charge in [-0.1, -0.05) is 15.9 Å². The third-order valence-corrected chi connectivity index (χ3v) is 3.41. The zero-order valence-electron chi connectivity index (χ0n) is 8.62. The number of fused-ring (bicyclic) bond motifs is 3. The molecule has 0 amide bonds. The number of H-pyrrole nitrogens is 1. The predicted octanol–water partition coefficient (Wildman–Crippen LogP) is 3.23.